The van der Waals surface area contributed by atoms with Gasteiger partial charge in [-0.25, -0.2) is 14.5 Å². The first-order valence-corrected chi connectivity index (χ1v) is 4.87. The molecule has 1 aromatic rings. The van der Waals surface area contributed by atoms with Gasteiger partial charge < -0.3 is 10.4 Å². The number of nitrogens with one attached hydrogen (secondary N) is 1. The summed E-state index contributed by atoms with van der Waals surface area (Å²) in [6.45, 7) is 3.25. The number of carboxylic acid groups (broad SMARTS) is 1. The minimum atomic E-state index is -1.14. The average Bonchev–Trinajstić information content (AvgIpc) is 2.56. The molecule has 1 aromatic heterocycles. The van der Waals surface area contributed by atoms with E-state index in [9.17, 15) is 9.59 Å². The molecular weight excluding hydrogens is 212 g/mol. The number of hydrogen-bond donors (Lipinski definition) is 2. The van der Waals surface area contributed by atoms with E-state index in [-0.39, 0.29) is 17.8 Å². The van der Waals surface area contributed by atoms with Crippen LogP contribution in [0.5, 0.6) is 0 Å². The van der Waals surface area contributed by atoms with Gasteiger partial charge in [0.15, 0.2) is 5.82 Å². The lowest BCUT2D eigenvalue weighted by Crippen LogP contribution is -2.26. The van der Waals surface area contributed by atoms with Gasteiger partial charge in [-0.1, -0.05) is 6.92 Å². The number of nitrogens with zero attached hydrogens (tertiary/aromatic N) is 3. The lowest BCUT2D eigenvalue weighted by atomic mass is 10.2. The Bertz CT molecular complexity index is 413. The van der Waals surface area contributed by atoms with Gasteiger partial charge in [0, 0.05) is 14.0 Å². The summed E-state index contributed by atoms with van der Waals surface area (Å²) in [5.74, 6) is -1.16. The maximum absolute atomic E-state index is 10.9. The highest BCUT2D eigenvalue weighted by molar-refractivity contribution is 5.83. The molecule has 2 N–H and O–H groups in total. The molecular formula is C9H14N4O3. The normalized spacial score (nSPS) is 12.2. The van der Waals surface area contributed by atoms with Crippen LogP contribution in [0.15, 0.2) is 0 Å². The van der Waals surface area contributed by atoms with E-state index in [1.54, 1.807) is 0 Å². The Morgan fingerprint density at radius 2 is 2.19 bits per heavy atom. The fourth-order valence-corrected chi connectivity index (χ4v) is 1.33. The van der Waals surface area contributed by atoms with Gasteiger partial charge in [0.25, 0.3) is 0 Å². The smallest absolute Gasteiger partial charge is 0.373 e. The summed E-state index contributed by atoms with van der Waals surface area (Å²) in [6.07, 6.45) is 0.600. The van der Waals surface area contributed by atoms with Gasteiger partial charge in [-0.3, -0.25) is 4.79 Å². The maximum Gasteiger partial charge on any atom is 0.373 e. The van der Waals surface area contributed by atoms with Crippen molar-refractivity contribution >= 4 is 11.9 Å². The molecule has 1 heterocycles. The Balaban J connectivity index is 2.98. The third-order valence-corrected chi connectivity index (χ3v) is 2.07. The summed E-state index contributed by atoms with van der Waals surface area (Å²) in [7, 11) is 1.50. The van der Waals surface area contributed by atoms with E-state index >= 15 is 0 Å². The second kappa shape index (κ2) is 4.73. The summed E-state index contributed by atoms with van der Waals surface area (Å²) in [5.41, 5.74) is 0. The van der Waals surface area contributed by atoms with E-state index < -0.39 is 5.97 Å². The van der Waals surface area contributed by atoms with Crippen molar-refractivity contribution in [2.24, 2.45) is 7.05 Å². The molecule has 0 radical (unpaired) electrons. The quantitative estimate of drug-likeness (QED) is 0.758. The molecule has 0 fully saturated rings. The number of aromatic nitrogens is 3. The van der Waals surface area contributed by atoms with Gasteiger partial charge in [-0.05, 0) is 6.42 Å². The van der Waals surface area contributed by atoms with Crippen LogP contribution in [-0.4, -0.2) is 31.7 Å². The first-order chi connectivity index (χ1) is 7.45. The van der Waals surface area contributed by atoms with Crippen molar-refractivity contribution in [1.82, 2.24) is 20.1 Å². The zero-order valence-corrected chi connectivity index (χ0v) is 9.39. The van der Waals surface area contributed by atoms with Crippen molar-refractivity contribution < 1.29 is 14.7 Å². The first-order valence-electron chi connectivity index (χ1n) is 4.87. The zero-order valence-electron chi connectivity index (χ0n) is 9.39. The molecule has 0 saturated heterocycles. The molecule has 1 rings (SSSR count). The van der Waals surface area contributed by atoms with E-state index in [0.717, 1.165) is 0 Å². The monoisotopic (exact) mass is 226 g/mol. The van der Waals surface area contributed by atoms with Crippen molar-refractivity contribution in [3.63, 3.8) is 0 Å². The zero-order chi connectivity index (χ0) is 12.3. The van der Waals surface area contributed by atoms with Crippen LogP contribution in [0.25, 0.3) is 0 Å². The van der Waals surface area contributed by atoms with E-state index in [1.165, 1.54) is 18.7 Å². The van der Waals surface area contributed by atoms with E-state index in [0.29, 0.717) is 12.2 Å². The third-order valence-electron chi connectivity index (χ3n) is 2.07. The van der Waals surface area contributed by atoms with Crippen molar-refractivity contribution in [2.75, 3.05) is 0 Å². The van der Waals surface area contributed by atoms with Crippen LogP contribution in [0.1, 0.15) is 42.8 Å². The molecule has 7 nitrogen and oxygen atoms in total. The fraction of sp³-hybridized carbons (Fsp3) is 0.556. The van der Waals surface area contributed by atoms with E-state index in [1.807, 2.05) is 6.92 Å². The summed E-state index contributed by atoms with van der Waals surface area (Å²) in [5, 5.41) is 15.4. The number of rotatable bonds is 4. The molecule has 16 heavy (non-hydrogen) atoms. The fourth-order valence-electron chi connectivity index (χ4n) is 1.33. The van der Waals surface area contributed by atoms with Crippen molar-refractivity contribution in [3.05, 3.63) is 11.6 Å². The van der Waals surface area contributed by atoms with Gasteiger partial charge in [0.05, 0.1) is 6.04 Å². The Morgan fingerprint density at radius 3 is 2.56 bits per heavy atom. The van der Waals surface area contributed by atoms with Crippen molar-refractivity contribution in [3.8, 4) is 0 Å². The topological polar surface area (TPSA) is 97.1 Å². The maximum atomic E-state index is 10.9. The molecule has 0 aliphatic carbocycles. The third kappa shape index (κ3) is 2.56. The molecule has 0 unspecified atom stereocenters. The van der Waals surface area contributed by atoms with Crippen LogP contribution < -0.4 is 5.32 Å². The highest BCUT2D eigenvalue weighted by Crippen LogP contribution is 2.12. The number of aromatic carboxylic acids is 1. The predicted molar refractivity (Wildman–Crippen MR) is 54.8 cm³/mol. The molecule has 0 aliphatic heterocycles. The van der Waals surface area contributed by atoms with Crippen LogP contribution >= 0.6 is 0 Å². The standard InChI is InChI=1S/C9H14N4O3/c1-4-6(10-5(2)14)7-11-8(9(15)16)13(3)12-7/h6H,4H2,1-3H3,(H,10,14)(H,15,16)/t6-/m0/s1. The van der Waals surface area contributed by atoms with Crippen LogP contribution in [-0.2, 0) is 11.8 Å². The summed E-state index contributed by atoms with van der Waals surface area (Å²) in [6, 6.07) is -0.350. The minimum Gasteiger partial charge on any atom is -0.475 e. The minimum absolute atomic E-state index is 0.140. The van der Waals surface area contributed by atoms with Crippen LogP contribution in [0.4, 0.5) is 0 Å². The second-order valence-corrected chi connectivity index (χ2v) is 3.38. The number of carbonyl (C=O) groups excluding carboxylic acids is 1. The molecule has 0 bridgehead atoms. The molecule has 0 spiro atoms. The van der Waals surface area contributed by atoms with Gasteiger partial charge >= 0.3 is 5.97 Å². The number of carboxylic acids is 1. The highest BCUT2D eigenvalue weighted by atomic mass is 16.4. The lowest BCUT2D eigenvalue weighted by molar-refractivity contribution is -0.119. The molecule has 0 aliphatic rings. The van der Waals surface area contributed by atoms with E-state index in [4.69, 9.17) is 5.11 Å². The van der Waals surface area contributed by atoms with Crippen LogP contribution in [0.2, 0.25) is 0 Å². The predicted octanol–water partition coefficient (Wildman–Crippen LogP) is 0.100. The lowest BCUT2D eigenvalue weighted by Gasteiger charge is -2.11. The Kier molecular flexibility index (Phi) is 3.60. The molecule has 7 heteroatoms. The molecule has 0 saturated carbocycles. The SMILES string of the molecule is CC[C@H](NC(C)=O)c1nc(C(=O)O)n(C)n1. The summed E-state index contributed by atoms with van der Waals surface area (Å²) < 4.78 is 1.18. The average molecular weight is 226 g/mol. The molecule has 88 valence electrons. The molecule has 1 atom stereocenters. The molecule has 0 aromatic carbocycles. The Morgan fingerprint density at radius 1 is 1.56 bits per heavy atom. The van der Waals surface area contributed by atoms with Gasteiger partial charge in [-0.2, -0.15) is 5.10 Å². The summed E-state index contributed by atoms with van der Waals surface area (Å²) in [4.78, 5) is 25.6. The Hall–Kier alpha value is -1.92. The van der Waals surface area contributed by atoms with Crippen molar-refractivity contribution in [2.45, 2.75) is 26.3 Å². The largest absolute Gasteiger partial charge is 0.475 e. The number of hydrogen-bond acceptors (Lipinski definition) is 4. The highest BCUT2D eigenvalue weighted by Gasteiger charge is 2.20. The van der Waals surface area contributed by atoms with E-state index in [2.05, 4.69) is 15.4 Å². The van der Waals surface area contributed by atoms with Gasteiger partial charge in [0.1, 0.15) is 0 Å². The number of aryl methyl sites for hydroxylation is 1. The first kappa shape index (κ1) is 12.2. The molecule has 1 amide bonds. The summed E-state index contributed by atoms with van der Waals surface area (Å²) >= 11 is 0. The van der Waals surface area contributed by atoms with Gasteiger partial charge in [0.2, 0.25) is 11.7 Å². The second-order valence-electron chi connectivity index (χ2n) is 3.38. The Labute approximate surface area is 92.5 Å². The number of amides is 1. The van der Waals surface area contributed by atoms with Crippen LogP contribution in [0.3, 0.4) is 0 Å². The van der Waals surface area contributed by atoms with Crippen LogP contribution in [0, 0.1) is 0 Å². The van der Waals surface area contributed by atoms with Gasteiger partial charge in [-0.15, -0.1) is 0 Å². The van der Waals surface area contributed by atoms with Crippen molar-refractivity contribution in [1.29, 1.82) is 0 Å². The number of carbonyl (C=O) groups is 2.